The van der Waals surface area contributed by atoms with E-state index in [1.54, 1.807) is 37.8 Å². The van der Waals surface area contributed by atoms with Gasteiger partial charge in [0, 0.05) is 55.8 Å². The van der Waals surface area contributed by atoms with Crippen LogP contribution in [0, 0.1) is 6.92 Å². The van der Waals surface area contributed by atoms with E-state index in [1.807, 2.05) is 13.0 Å². The van der Waals surface area contributed by atoms with Gasteiger partial charge in [0.15, 0.2) is 5.43 Å². The van der Waals surface area contributed by atoms with Crippen molar-refractivity contribution in [2.75, 3.05) is 20.3 Å². The normalized spacial score (nSPS) is 15.6. The van der Waals surface area contributed by atoms with Crippen molar-refractivity contribution < 1.29 is 24.1 Å². The zero-order chi connectivity index (χ0) is 23.4. The monoisotopic (exact) mass is 460 g/mol. The van der Waals surface area contributed by atoms with Crippen LogP contribution < -0.4 is 14.9 Å². The number of hydrogen-bond donors (Lipinski definition) is 1. The summed E-state index contributed by atoms with van der Waals surface area (Å²) in [5.41, 5.74) is 1.63. The third-order valence-corrected chi connectivity index (χ3v) is 5.44. The highest BCUT2D eigenvalue weighted by Crippen LogP contribution is 2.44. The molecule has 2 aromatic rings. The number of aromatic nitrogens is 1. The van der Waals surface area contributed by atoms with Gasteiger partial charge in [-0.3, -0.25) is 4.79 Å². The number of pyridine rings is 1. The Kier molecular flexibility index (Phi) is 7.37. The molecule has 170 valence electrons. The molecule has 8 nitrogen and oxygen atoms in total. The molecule has 0 spiro atoms. The summed E-state index contributed by atoms with van der Waals surface area (Å²) >= 11 is 6.32. The Morgan fingerprint density at radius 1 is 1.34 bits per heavy atom. The zero-order valence-corrected chi connectivity index (χ0v) is 19.1. The Hall–Kier alpha value is -3.10. The maximum absolute atomic E-state index is 12.5. The molecular weight excluding hydrogens is 436 g/mol. The second kappa shape index (κ2) is 10.0. The van der Waals surface area contributed by atoms with Crippen molar-refractivity contribution in [3.8, 4) is 22.8 Å². The minimum absolute atomic E-state index is 0.214. The van der Waals surface area contributed by atoms with E-state index >= 15 is 0 Å². The molecule has 1 aliphatic rings. The zero-order valence-electron chi connectivity index (χ0n) is 18.3. The standard InChI is InChI=1S/C23H25ClN2O6/c1-5-25-21(24)14(3)22-26-12-16(23(28)29)18(27)10-17(26)15-9-13(2)19(11-20(15)32-22)31-8-6-7-30-4/h5,9-12,22H,6-8H2,1-4H3,(H,28,29)/b21-14+,25-5-/t22-/m0/s1. The van der Waals surface area contributed by atoms with Crippen LogP contribution in [0.2, 0.25) is 0 Å². The molecule has 1 aromatic carbocycles. The van der Waals surface area contributed by atoms with Crippen molar-refractivity contribution in [1.82, 2.24) is 4.57 Å². The number of aromatic carboxylic acids is 1. The fourth-order valence-corrected chi connectivity index (χ4v) is 3.61. The van der Waals surface area contributed by atoms with E-state index in [0.717, 1.165) is 12.0 Å². The number of methoxy groups -OCH3 is 1. The van der Waals surface area contributed by atoms with E-state index in [0.29, 0.717) is 41.5 Å². The minimum Gasteiger partial charge on any atom is -0.493 e. The molecule has 0 bridgehead atoms. The van der Waals surface area contributed by atoms with Gasteiger partial charge in [-0.05, 0) is 32.4 Å². The second-order valence-corrected chi connectivity index (χ2v) is 7.65. The van der Waals surface area contributed by atoms with Crippen molar-refractivity contribution >= 4 is 23.8 Å². The number of hydrogen-bond acceptors (Lipinski definition) is 6. The van der Waals surface area contributed by atoms with Gasteiger partial charge in [-0.15, -0.1) is 0 Å². The van der Waals surface area contributed by atoms with Gasteiger partial charge in [-0.25, -0.2) is 9.79 Å². The number of benzene rings is 1. The molecule has 0 aliphatic carbocycles. The summed E-state index contributed by atoms with van der Waals surface area (Å²) in [7, 11) is 1.64. The first-order chi connectivity index (χ1) is 15.3. The average molecular weight is 461 g/mol. The largest absolute Gasteiger partial charge is 0.493 e. The molecule has 3 rings (SSSR count). The van der Waals surface area contributed by atoms with Crippen LogP contribution in [0.15, 0.2) is 44.9 Å². The molecule has 0 unspecified atom stereocenters. The predicted molar refractivity (Wildman–Crippen MR) is 122 cm³/mol. The fraction of sp³-hybridized carbons (Fsp3) is 0.348. The van der Waals surface area contributed by atoms with Crippen molar-refractivity contribution in [1.29, 1.82) is 0 Å². The lowest BCUT2D eigenvalue weighted by molar-refractivity contribution is 0.0693. The van der Waals surface area contributed by atoms with E-state index in [2.05, 4.69) is 4.99 Å². The number of carboxylic acid groups (broad SMARTS) is 1. The Morgan fingerprint density at radius 3 is 2.75 bits per heavy atom. The van der Waals surface area contributed by atoms with Gasteiger partial charge >= 0.3 is 5.97 Å². The number of carbonyl (C=O) groups is 1. The Morgan fingerprint density at radius 2 is 2.09 bits per heavy atom. The van der Waals surface area contributed by atoms with E-state index in [1.165, 1.54) is 12.3 Å². The highest BCUT2D eigenvalue weighted by atomic mass is 35.5. The maximum Gasteiger partial charge on any atom is 0.341 e. The summed E-state index contributed by atoms with van der Waals surface area (Å²) in [6.45, 7) is 6.43. The number of aryl methyl sites for hydroxylation is 1. The number of ether oxygens (including phenoxy) is 3. The third kappa shape index (κ3) is 4.71. The van der Waals surface area contributed by atoms with Crippen molar-refractivity contribution in [3.05, 3.63) is 56.5 Å². The Bertz CT molecular complexity index is 1150. The predicted octanol–water partition coefficient (Wildman–Crippen LogP) is 4.39. The summed E-state index contributed by atoms with van der Waals surface area (Å²) in [4.78, 5) is 28.2. The van der Waals surface area contributed by atoms with Crippen LogP contribution in [0.4, 0.5) is 0 Å². The highest BCUT2D eigenvalue weighted by molar-refractivity contribution is 6.30. The molecule has 1 N–H and O–H groups in total. The quantitative estimate of drug-likeness (QED) is 0.356. The molecule has 0 radical (unpaired) electrons. The number of carboxylic acids is 1. The molecule has 32 heavy (non-hydrogen) atoms. The molecule has 1 atom stereocenters. The topological polar surface area (TPSA) is 99.3 Å². The molecule has 0 amide bonds. The molecule has 0 fully saturated rings. The fourth-order valence-electron chi connectivity index (χ4n) is 3.42. The van der Waals surface area contributed by atoms with Gasteiger partial charge in [0.2, 0.25) is 6.23 Å². The van der Waals surface area contributed by atoms with Crippen LogP contribution in [0.5, 0.6) is 11.5 Å². The first kappa shape index (κ1) is 23.6. The smallest absolute Gasteiger partial charge is 0.341 e. The summed E-state index contributed by atoms with van der Waals surface area (Å²) in [5, 5.41) is 9.65. The number of aliphatic imine (C=N–C) groups is 1. The van der Waals surface area contributed by atoms with Gasteiger partial charge in [0.05, 0.1) is 12.3 Å². The average Bonchev–Trinajstić information content (AvgIpc) is 2.75. The number of halogens is 1. The summed E-state index contributed by atoms with van der Waals surface area (Å²) in [6, 6.07) is 4.93. The SMILES string of the molecule is C/C=N\C(Cl)=C(/C)[C@@H]1Oc2cc(OCCCOC)c(C)cc2-c2cc(=O)c(C(=O)O)cn21. The molecule has 1 aromatic heterocycles. The van der Waals surface area contributed by atoms with Gasteiger partial charge in [-0.2, -0.15) is 0 Å². The molecule has 0 saturated heterocycles. The number of nitrogens with zero attached hydrogens (tertiary/aromatic N) is 2. The van der Waals surface area contributed by atoms with Crippen LogP contribution >= 0.6 is 11.6 Å². The van der Waals surface area contributed by atoms with Gasteiger partial charge in [-0.1, -0.05) is 11.6 Å². The molecular formula is C23H25ClN2O6. The third-order valence-electron chi connectivity index (χ3n) is 5.04. The first-order valence-electron chi connectivity index (χ1n) is 10.1. The second-order valence-electron chi connectivity index (χ2n) is 7.29. The van der Waals surface area contributed by atoms with Crippen LogP contribution in [0.25, 0.3) is 11.3 Å². The van der Waals surface area contributed by atoms with Gasteiger partial charge in [0.25, 0.3) is 0 Å². The lowest BCUT2D eigenvalue weighted by Crippen LogP contribution is -2.28. The van der Waals surface area contributed by atoms with Crippen LogP contribution in [0.3, 0.4) is 0 Å². The minimum atomic E-state index is -1.31. The molecule has 0 saturated carbocycles. The van der Waals surface area contributed by atoms with Crippen LogP contribution in [-0.2, 0) is 4.74 Å². The lowest BCUT2D eigenvalue weighted by atomic mass is 10.0. The van der Waals surface area contributed by atoms with Crippen LogP contribution in [0.1, 0.15) is 42.4 Å². The van der Waals surface area contributed by atoms with Crippen molar-refractivity contribution in [2.45, 2.75) is 33.4 Å². The maximum atomic E-state index is 12.5. The van der Waals surface area contributed by atoms with Crippen LogP contribution in [-0.4, -0.2) is 42.2 Å². The van der Waals surface area contributed by atoms with E-state index in [-0.39, 0.29) is 10.7 Å². The Balaban J connectivity index is 2.16. The number of rotatable bonds is 8. The lowest BCUT2D eigenvalue weighted by Gasteiger charge is -2.32. The van der Waals surface area contributed by atoms with E-state index in [9.17, 15) is 14.7 Å². The molecule has 9 heteroatoms. The summed E-state index contributed by atoms with van der Waals surface area (Å²) in [5.74, 6) is -0.171. The summed E-state index contributed by atoms with van der Waals surface area (Å²) in [6.07, 6.45) is 2.77. The van der Waals surface area contributed by atoms with Crippen molar-refractivity contribution in [3.63, 3.8) is 0 Å². The van der Waals surface area contributed by atoms with Crippen molar-refractivity contribution in [2.24, 2.45) is 4.99 Å². The van der Waals surface area contributed by atoms with E-state index < -0.39 is 17.6 Å². The van der Waals surface area contributed by atoms with E-state index in [4.69, 9.17) is 25.8 Å². The highest BCUT2D eigenvalue weighted by Gasteiger charge is 2.30. The van der Waals surface area contributed by atoms with Gasteiger partial charge in [0.1, 0.15) is 22.2 Å². The summed E-state index contributed by atoms with van der Waals surface area (Å²) < 4.78 is 18.8. The number of fused-ring (bicyclic) bond motifs is 3. The molecule has 2 heterocycles. The van der Waals surface area contributed by atoms with Gasteiger partial charge < -0.3 is 23.9 Å². The molecule has 1 aliphatic heterocycles. The first-order valence-corrected chi connectivity index (χ1v) is 10.4. The Labute approximate surface area is 190 Å².